The van der Waals surface area contributed by atoms with Gasteiger partial charge in [0, 0.05) is 38.3 Å². The zero-order valence-electron chi connectivity index (χ0n) is 12.3. The Labute approximate surface area is 124 Å². The Morgan fingerprint density at radius 3 is 2.52 bits per heavy atom. The molecule has 2 amide bonds. The molecule has 2 aliphatic rings. The zero-order chi connectivity index (χ0) is 14.8. The number of hydrogen-bond donors (Lipinski definition) is 1. The summed E-state index contributed by atoms with van der Waals surface area (Å²) in [6, 6.07) is 8.03. The minimum atomic E-state index is -0.303. The van der Waals surface area contributed by atoms with E-state index < -0.39 is 0 Å². The summed E-state index contributed by atoms with van der Waals surface area (Å²) >= 11 is 0. The second-order valence-electron chi connectivity index (χ2n) is 5.76. The van der Waals surface area contributed by atoms with Crippen molar-refractivity contribution in [1.82, 2.24) is 10.2 Å². The van der Waals surface area contributed by atoms with Crippen LogP contribution in [-0.4, -0.2) is 48.9 Å². The number of piperazine rings is 1. The van der Waals surface area contributed by atoms with Gasteiger partial charge in [0.2, 0.25) is 11.8 Å². The highest BCUT2D eigenvalue weighted by molar-refractivity contribution is 5.90. The third-order valence-corrected chi connectivity index (χ3v) is 4.34. The Hall–Kier alpha value is -2.04. The molecule has 1 aromatic rings. The van der Waals surface area contributed by atoms with Gasteiger partial charge < -0.3 is 15.1 Å². The van der Waals surface area contributed by atoms with Gasteiger partial charge >= 0.3 is 0 Å². The van der Waals surface area contributed by atoms with E-state index in [4.69, 9.17) is 0 Å². The van der Waals surface area contributed by atoms with E-state index in [0.29, 0.717) is 12.8 Å². The first-order valence-corrected chi connectivity index (χ1v) is 7.54. The lowest BCUT2D eigenvalue weighted by atomic mass is 10.1. The molecule has 112 valence electrons. The number of para-hydroxylation sites is 1. The Kier molecular flexibility index (Phi) is 3.82. The predicted octanol–water partition coefficient (Wildman–Crippen LogP) is 0.922. The molecule has 0 aliphatic carbocycles. The van der Waals surface area contributed by atoms with Crippen molar-refractivity contribution in [3.05, 3.63) is 29.8 Å². The van der Waals surface area contributed by atoms with Gasteiger partial charge in [-0.15, -0.1) is 0 Å². The van der Waals surface area contributed by atoms with Crippen LogP contribution in [0.15, 0.2) is 24.3 Å². The molecule has 3 rings (SSSR count). The Morgan fingerprint density at radius 2 is 1.90 bits per heavy atom. The van der Waals surface area contributed by atoms with Crippen LogP contribution in [0.3, 0.4) is 0 Å². The second-order valence-corrected chi connectivity index (χ2v) is 5.76. The normalized spacial score (nSPS) is 22.3. The molecule has 2 saturated heterocycles. The first kappa shape index (κ1) is 13.9. The van der Waals surface area contributed by atoms with Crippen LogP contribution in [0.1, 0.15) is 18.4 Å². The lowest BCUT2D eigenvalue weighted by Crippen LogP contribution is -2.53. The Balaban J connectivity index is 1.59. The molecular formula is C16H21N3O2. The molecule has 0 aromatic heterocycles. The maximum atomic E-state index is 12.3. The number of carbonyl (C=O) groups excluding carboxylic acids is 2. The van der Waals surface area contributed by atoms with E-state index in [9.17, 15) is 9.59 Å². The van der Waals surface area contributed by atoms with Crippen molar-refractivity contribution in [3.63, 3.8) is 0 Å². The Bertz CT molecular complexity index is 550. The summed E-state index contributed by atoms with van der Waals surface area (Å²) in [5.41, 5.74) is 2.51. The molecule has 1 unspecified atom stereocenters. The molecule has 21 heavy (non-hydrogen) atoms. The van der Waals surface area contributed by atoms with Gasteiger partial charge in [-0.3, -0.25) is 9.59 Å². The molecule has 1 N–H and O–H groups in total. The van der Waals surface area contributed by atoms with E-state index in [1.165, 1.54) is 11.3 Å². The van der Waals surface area contributed by atoms with Gasteiger partial charge in [-0.25, -0.2) is 0 Å². The Morgan fingerprint density at radius 1 is 1.19 bits per heavy atom. The molecular weight excluding hydrogens is 266 g/mol. The summed E-state index contributed by atoms with van der Waals surface area (Å²) in [5, 5.41) is 2.76. The predicted molar refractivity (Wildman–Crippen MR) is 81.1 cm³/mol. The highest BCUT2D eigenvalue weighted by Gasteiger charge is 2.32. The van der Waals surface area contributed by atoms with Crippen molar-refractivity contribution < 1.29 is 9.59 Å². The molecule has 2 aliphatic heterocycles. The maximum Gasteiger partial charge on any atom is 0.245 e. The summed E-state index contributed by atoms with van der Waals surface area (Å²) in [6.07, 6.45) is 1.11. The number of rotatable bonds is 2. The molecule has 0 saturated carbocycles. The first-order chi connectivity index (χ1) is 10.1. The monoisotopic (exact) mass is 287 g/mol. The fourth-order valence-electron chi connectivity index (χ4n) is 3.11. The molecule has 0 radical (unpaired) electrons. The van der Waals surface area contributed by atoms with Crippen LogP contribution >= 0.6 is 0 Å². The number of hydrogen-bond acceptors (Lipinski definition) is 3. The van der Waals surface area contributed by atoms with E-state index >= 15 is 0 Å². The molecule has 2 fully saturated rings. The largest absolute Gasteiger partial charge is 0.368 e. The smallest absolute Gasteiger partial charge is 0.245 e. The lowest BCUT2D eigenvalue weighted by Gasteiger charge is -2.37. The van der Waals surface area contributed by atoms with E-state index in [1.54, 1.807) is 0 Å². The topological polar surface area (TPSA) is 52.7 Å². The minimum Gasteiger partial charge on any atom is -0.368 e. The van der Waals surface area contributed by atoms with E-state index in [-0.39, 0.29) is 17.9 Å². The van der Waals surface area contributed by atoms with Crippen LogP contribution in [0.5, 0.6) is 0 Å². The van der Waals surface area contributed by atoms with Crippen molar-refractivity contribution in [2.24, 2.45) is 0 Å². The van der Waals surface area contributed by atoms with Crippen molar-refractivity contribution in [3.8, 4) is 0 Å². The zero-order valence-corrected chi connectivity index (χ0v) is 12.3. The van der Waals surface area contributed by atoms with Gasteiger partial charge in [-0.2, -0.15) is 0 Å². The molecule has 0 bridgehead atoms. The average molecular weight is 287 g/mol. The number of aryl methyl sites for hydroxylation is 1. The maximum absolute atomic E-state index is 12.3. The standard InChI is InChI=1S/C16H21N3O2/c1-12-4-2-3-5-14(12)18-8-10-19(11-9-18)16(21)13-6-7-15(20)17-13/h2-5,13H,6-11H2,1H3,(H,17,20). The van der Waals surface area contributed by atoms with Gasteiger partial charge in [0.25, 0.3) is 0 Å². The lowest BCUT2D eigenvalue weighted by molar-refractivity contribution is -0.134. The molecule has 1 atom stereocenters. The molecule has 0 spiro atoms. The van der Waals surface area contributed by atoms with Crippen LogP contribution in [0.2, 0.25) is 0 Å². The number of nitrogens with zero attached hydrogens (tertiary/aromatic N) is 2. The van der Waals surface area contributed by atoms with Gasteiger partial charge in [0.05, 0.1) is 0 Å². The van der Waals surface area contributed by atoms with E-state index in [1.807, 2.05) is 17.0 Å². The van der Waals surface area contributed by atoms with E-state index in [2.05, 4.69) is 29.3 Å². The van der Waals surface area contributed by atoms with Gasteiger partial charge in [0.1, 0.15) is 6.04 Å². The third kappa shape index (κ3) is 2.86. The summed E-state index contributed by atoms with van der Waals surface area (Å²) in [7, 11) is 0. The fourth-order valence-corrected chi connectivity index (χ4v) is 3.11. The van der Waals surface area contributed by atoms with E-state index in [0.717, 1.165) is 26.2 Å². The van der Waals surface area contributed by atoms with Crippen LogP contribution < -0.4 is 10.2 Å². The highest BCUT2D eigenvalue weighted by atomic mass is 16.2. The van der Waals surface area contributed by atoms with Crippen molar-refractivity contribution in [2.75, 3.05) is 31.1 Å². The van der Waals surface area contributed by atoms with Gasteiger partial charge in [-0.1, -0.05) is 18.2 Å². The van der Waals surface area contributed by atoms with Crippen LogP contribution in [0, 0.1) is 6.92 Å². The number of carbonyl (C=O) groups is 2. The third-order valence-electron chi connectivity index (χ3n) is 4.34. The quantitative estimate of drug-likeness (QED) is 0.880. The summed E-state index contributed by atoms with van der Waals surface area (Å²) in [6.45, 7) is 5.24. The van der Waals surface area contributed by atoms with Crippen molar-refractivity contribution in [2.45, 2.75) is 25.8 Å². The van der Waals surface area contributed by atoms with Crippen LogP contribution in [0.4, 0.5) is 5.69 Å². The van der Waals surface area contributed by atoms with Crippen LogP contribution in [0.25, 0.3) is 0 Å². The molecule has 2 heterocycles. The minimum absolute atomic E-state index is 0.00750. The van der Waals surface area contributed by atoms with Crippen molar-refractivity contribution in [1.29, 1.82) is 0 Å². The number of benzene rings is 1. The van der Waals surface area contributed by atoms with Gasteiger partial charge in [0.15, 0.2) is 0 Å². The SMILES string of the molecule is Cc1ccccc1N1CCN(C(=O)C2CCC(=O)N2)CC1. The molecule has 1 aromatic carbocycles. The summed E-state index contributed by atoms with van der Waals surface area (Å²) < 4.78 is 0. The summed E-state index contributed by atoms with van der Waals surface area (Å²) in [4.78, 5) is 27.8. The second kappa shape index (κ2) is 5.76. The number of anilines is 1. The average Bonchev–Trinajstić information content (AvgIpc) is 2.94. The molecule has 5 nitrogen and oxygen atoms in total. The highest BCUT2D eigenvalue weighted by Crippen LogP contribution is 2.21. The summed E-state index contributed by atoms with van der Waals surface area (Å²) in [5.74, 6) is 0.0668. The fraction of sp³-hybridized carbons (Fsp3) is 0.500. The van der Waals surface area contributed by atoms with Crippen LogP contribution in [-0.2, 0) is 9.59 Å². The number of amides is 2. The van der Waals surface area contributed by atoms with Gasteiger partial charge in [-0.05, 0) is 25.0 Å². The first-order valence-electron chi connectivity index (χ1n) is 7.54. The number of nitrogens with one attached hydrogen (secondary N) is 1. The van der Waals surface area contributed by atoms with Crippen molar-refractivity contribution >= 4 is 17.5 Å². The molecule has 5 heteroatoms.